The van der Waals surface area contributed by atoms with Crippen LogP contribution in [0.5, 0.6) is 0 Å². The summed E-state index contributed by atoms with van der Waals surface area (Å²) < 4.78 is 27.6. The minimum absolute atomic E-state index is 0.0182. The fourth-order valence-electron chi connectivity index (χ4n) is 1.91. The van der Waals surface area contributed by atoms with Crippen molar-refractivity contribution in [3.8, 4) is 0 Å². The van der Waals surface area contributed by atoms with Crippen molar-refractivity contribution in [1.29, 1.82) is 0 Å². The molecule has 0 saturated carbocycles. The molecule has 0 radical (unpaired) electrons. The molecule has 5 heteroatoms. The molecule has 0 fully saturated rings. The number of amides is 1. The molecular weight excluding hydrogens is 262 g/mol. The number of hydrogen-bond donors (Lipinski definition) is 1. The van der Waals surface area contributed by atoms with Gasteiger partial charge in [0, 0.05) is 19.7 Å². The van der Waals surface area contributed by atoms with Gasteiger partial charge < -0.3 is 10.2 Å². The summed E-state index contributed by atoms with van der Waals surface area (Å²) in [6.07, 6.45) is 0. The number of halogens is 2. The smallest absolute Gasteiger partial charge is 0.258 e. The Morgan fingerprint density at radius 1 is 1.10 bits per heavy atom. The highest BCUT2D eigenvalue weighted by molar-refractivity contribution is 6.06. The van der Waals surface area contributed by atoms with Crippen LogP contribution in [0.15, 0.2) is 42.5 Å². The Labute approximate surface area is 115 Å². The van der Waals surface area contributed by atoms with Gasteiger partial charge >= 0.3 is 0 Å². The molecule has 0 aromatic heterocycles. The van der Waals surface area contributed by atoms with E-state index >= 15 is 0 Å². The van der Waals surface area contributed by atoms with Crippen LogP contribution < -0.4 is 10.2 Å². The Bertz CT molecular complexity index is 629. The Morgan fingerprint density at radius 2 is 1.75 bits per heavy atom. The monoisotopic (exact) mass is 276 g/mol. The van der Waals surface area contributed by atoms with E-state index in [0.29, 0.717) is 5.56 Å². The Hall–Kier alpha value is -2.43. The summed E-state index contributed by atoms with van der Waals surface area (Å²) in [5.74, 6) is -1.85. The Balaban J connectivity index is 2.39. The molecule has 0 heterocycles. The molecule has 0 atom stereocenters. The lowest BCUT2D eigenvalue weighted by Crippen LogP contribution is -2.27. The van der Waals surface area contributed by atoms with E-state index in [9.17, 15) is 13.6 Å². The van der Waals surface area contributed by atoms with Crippen LogP contribution in [-0.2, 0) is 0 Å². The minimum Gasteiger partial charge on any atom is -0.383 e. The van der Waals surface area contributed by atoms with Crippen molar-refractivity contribution >= 4 is 17.3 Å². The van der Waals surface area contributed by atoms with Gasteiger partial charge in [0.1, 0.15) is 11.5 Å². The van der Waals surface area contributed by atoms with E-state index in [1.807, 2.05) is 0 Å². The largest absolute Gasteiger partial charge is 0.383 e. The summed E-state index contributed by atoms with van der Waals surface area (Å²) in [6, 6.07) is 10.9. The predicted molar refractivity (Wildman–Crippen MR) is 75.1 cm³/mol. The molecule has 0 unspecified atom stereocenters. The van der Waals surface area contributed by atoms with Crippen LogP contribution in [0.1, 0.15) is 10.4 Å². The third-order valence-electron chi connectivity index (χ3n) is 3.01. The molecule has 0 saturated heterocycles. The van der Waals surface area contributed by atoms with Crippen LogP contribution in [0.25, 0.3) is 0 Å². The first-order valence-electron chi connectivity index (χ1n) is 6.05. The lowest BCUT2D eigenvalue weighted by Gasteiger charge is -2.19. The zero-order valence-corrected chi connectivity index (χ0v) is 11.2. The summed E-state index contributed by atoms with van der Waals surface area (Å²) in [7, 11) is 2.87. The molecule has 2 rings (SSSR count). The van der Waals surface area contributed by atoms with Gasteiger partial charge in [0.05, 0.1) is 5.69 Å². The molecule has 1 N–H and O–H groups in total. The lowest BCUT2D eigenvalue weighted by molar-refractivity contribution is 0.0992. The quantitative estimate of drug-likeness (QED) is 0.933. The number of benzene rings is 2. The van der Waals surface area contributed by atoms with Crippen LogP contribution in [-0.4, -0.2) is 20.0 Å². The van der Waals surface area contributed by atoms with Gasteiger partial charge in [-0.15, -0.1) is 0 Å². The van der Waals surface area contributed by atoms with Crippen molar-refractivity contribution in [1.82, 2.24) is 0 Å². The number of rotatable bonds is 3. The second-order valence-corrected chi connectivity index (χ2v) is 4.24. The van der Waals surface area contributed by atoms with Gasteiger partial charge in [-0.2, -0.15) is 0 Å². The van der Waals surface area contributed by atoms with Crippen LogP contribution in [0.2, 0.25) is 0 Å². The summed E-state index contributed by atoms with van der Waals surface area (Å²) in [5, 5.41) is 2.45. The van der Waals surface area contributed by atoms with E-state index in [1.165, 1.54) is 20.2 Å². The number of nitrogens with one attached hydrogen (secondary N) is 1. The zero-order valence-electron chi connectivity index (χ0n) is 11.2. The Morgan fingerprint density at radius 3 is 2.35 bits per heavy atom. The van der Waals surface area contributed by atoms with Crippen molar-refractivity contribution in [3.63, 3.8) is 0 Å². The van der Waals surface area contributed by atoms with Crippen molar-refractivity contribution in [3.05, 3.63) is 59.7 Å². The molecule has 20 heavy (non-hydrogen) atoms. The van der Waals surface area contributed by atoms with Gasteiger partial charge in [-0.3, -0.25) is 4.79 Å². The average Bonchev–Trinajstić information content (AvgIpc) is 2.47. The van der Waals surface area contributed by atoms with E-state index in [2.05, 4.69) is 5.32 Å². The molecule has 0 aliphatic rings. The van der Waals surface area contributed by atoms with E-state index in [4.69, 9.17) is 0 Å². The second kappa shape index (κ2) is 5.69. The lowest BCUT2D eigenvalue weighted by atomic mass is 10.1. The summed E-state index contributed by atoms with van der Waals surface area (Å²) >= 11 is 0. The van der Waals surface area contributed by atoms with E-state index < -0.39 is 11.6 Å². The van der Waals surface area contributed by atoms with Gasteiger partial charge in [0.25, 0.3) is 5.91 Å². The Kier molecular flexibility index (Phi) is 3.98. The maximum Gasteiger partial charge on any atom is 0.258 e. The standard InChI is InChI=1S/C15H14F2N2O/c1-18-14-11(16)8-9-12(13(14)17)19(2)15(20)10-6-4-3-5-7-10/h3-9,18H,1-2H3. The fourth-order valence-corrected chi connectivity index (χ4v) is 1.91. The van der Waals surface area contributed by atoms with E-state index in [0.717, 1.165) is 11.0 Å². The zero-order chi connectivity index (χ0) is 14.7. The van der Waals surface area contributed by atoms with Crippen LogP contribution in [0.4, 0.5) is 20.2 Å². The van der Waals surface area contributed by atoms with Gasteiger partial charge in [-0.05, 0) is 24.3 Å². The summed E-state index contributed by atoms with van der Waals surface area (Å²) in [6.45, 7) is 0. The second-order valence-electron chi connectivity index (χ2n) is 4.24. The molecular formula is C15H14F2N2O. The van der Waals surface area contributed by atoms with Crippen molar-refractivity contribution in [2.75, 3.05) is 24.3 Å². The summed E-state index contributed by atoms with van der Waals surface area (Å²) in [4.78, 5) is 13.4. The van der Waals surface area contributed by atoms with Gasteiger partial charge in [-0.25, -0.2) is 8.78 Å². The summed E-state index contributed by atoms with van der Waals surface area (Å²) in [5.41, 5.74) is 0.199. The number of anilines is 2. The van der Waals surface area contributed by atoms with Crippen LogP contribution >= 0.6 is 0 Å². The van der Waals surface area contributed by atoms with Gasteiger partial charge in [-0.1, -0.05) is 18.2 Å². The maximum atomic E-state index is 14.2. The topological polar surface area (TPSA) is 32.3 Å². The van der Waals surface area contributed by atoms with Crippen LogP contribution in [0, 0.1) is 11.6 Å². The van der Waals surface area contributed by atoms with Crippen LogP contribution in [0.3, 0.4) is 0 Å². The van der Waals surface area contributed by atoms with E-state index in [1.54, 1.807) is 30.3 Å². The average molecular weight is 276 g/mol. The minimum atomic E-state index is -0.792. The van der Waals surface area contributed by atoms with Crippen molar-refractivity contribution in [2.24, 2.45) is 0 Å². The van der Waals surface area contributed by atoms with Crippen molar-refractivity contribution < 1.29 is 13.6 Å². The number of nitrogens with zero attached hydrogens (tertiary/aromatic N) is 1. The molecule has 0 spiro atoms. The number of hydrogen-bond acceptors (Lipinski definition) is 2. The molecule has 3 nitrogen and oxygen atoms in total. The third kappa shape index (κ3) is 2.47. The highest BCUT2D eigenvalue weighted by Gasteiger charge is 2.20. The first kappa shape index (κ1) is 14.0. The van der Waals surface area contributed by atoms with E-state index in [-0.39, 0.29) is 17.3 Å². The highest BCUT2D eigenvalue weighted by atomic mass is 19.1. The molecule has 1 amide bonds. The number of carbonyl (C=O) groups is 1. The number of carbonyl (C=O) groups excluding carboxylic acids is 1. The maximum absolute atomic E-state index is 14.2. The normalized spacial score (nSPS) is 10.2. The van der Waals surface area contributed by atoms with Gasteiger partial charge in [0.15, 0.2) is 5.82 Å². The molecule has 0 aliphatic carbocycles. The molecule has 0 bridgehead atoms. The molecule has 104 valence electrons. The fraction of sp³-hybridized carbons (Fsp3) is 0.133. The predicted octanol–water partition coefficient (Wildman–Crippen LogP) is 3.28. The molecule has 2 aromatic carbocycles. The van der Waals surface area contributed by atoms with Crippen molar-refractivity contribution in [2.45, 2.75) is 0 Å². The molecule has 0 aliphatic heterocycles. The first-order chi connectivity index (χ1) is 9.56. The highest BCUT2D eigenvalue weighted by Crippen LogP contribution is 2.28. The van der Waals surface area contributed by atoms with Gasteiger partial charge in [0.2, 0.25) is 0 Å². The first-order valence-corrected chi connectivity index (χ1v) is 6.05. The third-order valence-corrected chi connectivity index (χ3v) is 3.01. The SMILES string of the molecule is CNc1c(F)ccc(N(C)C(=O)c2ccccc2)c1F. The molecule has 2 aromatic rings.